The van der Waals surface area contributed by atoms with Crippen molar-refractivity contribution >= 4 is 0 Å². The van der Waals surface area contributed by atoms with Crippen molar-refractivity contribution in [2.75, 3.05) is 32.9 Å². The molecule has 4 rings (SSSR count). The van der Waals surface area contributed by atoms with Crippen LogP contribution in [0.5, 0.6) is 0 Å². The zero-order valence-corrected chi connectivity index (χ0v) is 15.2. The Balaban J connectivity index is 1.35. The Bertz CT molecular complexity index is 518. The van der Waals surface area contributed by atoms with Crippen molar-refractivity contribution in [1.82, 2.24) is 10.6 Å². The molecule has 1 saturated carbocycles. The van der Waals surface area contributed by atoms with Crippen LogP contribution >= 0.6 is 0 Å². The first-order valence-corrected chi connectivity index (χ1v) is 10.1. The average Bonchev–Trinajstić information content (AvgIpc) is 3.17. The minimum Gasteiger partial charge on any atom is -0.379 e. The summed E-state index contributed by atoms with van der Waals surface area (Å²) in [6.07, 6.45) is 6.65. The summed E-state index contributed by atoms with van der Waals surface area (Å²) in [5, 5.41) is 7.60. The van der Waals surface area contributed by atoms with Gasteiger partial charge >= 0.3 is 0 Å². The fourth-order valence-corrected chi connectivity index (χ4v) is 4.95. The molecule has 4 heteroatoms. The summed E-state index contributed by atoms with van der Waals surface area (Å²) in [7, 11) is 0. The largest absolute Gasteiger partial charge is 0.379 e. The molecule has 5 unspecified atom stereocenters. The molecule has 0 bridgehead atoms. The summed E-state index contributed by atoms with van der Waals surface area (Å²) in [6, 6.07) is 11.9. The SMILES string of the molecule is c1ccc(C2OCCCC2CNC2CCCC2C2COCCN2)cc1. The molecule has 3 aliphatic rings. The maximum Gasteiger partial charge on any atom is 0.0865 e. The highest BCUT2D eigenvalue weighted by Gasteiger charge is 2.35. The van der Waals surface area contributed by atoms with E-state index >= 15 is 0 Å². The highest BCUT2D eigenvalue weighted by molar-refractivity contribution is 5.19. The van der Waals surface area contributed by atoms with Crippen LogP contribution in [-0.4, -0.2) is 45.0 Å². The number of rotatable bonds is 5. The van der Waals surface area contributed by atoms with E-state index in [1.54, 1.807) is 0 Å². The number of ether oxygens (including phenoxy) is 2. The molecule has 1 aromatic carbocycles. The van der Waals surface area contributed by atoms with Gasteiger partial charge in [-0.05, 0) is 37.2 Å². The maximum atomic E-state index is 6.16. The Hall–Kier alpha value is -0.940. The lowest BCUT2D eigenvalue weighted by Crippen LogP contribution is -2.51. The average molecular weight is 344 g/mol. The van der Waals surface area contributed by atoms with Crippen LogP contribution < -0.4 is 10.6 Å². The van der Waals surface area contributed by atoms with E-state index in [-0.39, 0.29) is 6.10 Å². The zero-order valence-electron chi connectivity index (χ0n) is 15.2. The van der Waals surface area contributed by atoms with Gasteiger partial charge in [-0.3, -0.25) is 0 Å². The minimum atomic E-state index is 0.249. The first-order valence-electron chi connectivity index (χ1n) is 10.1. The van der Waals surface area contributed by atoms with Gasteiger partial charge in [-0.2, -0.15) is 0 Å². The number of hydrogen-bond donors (Lipinski definition) is 2. The first-order chi connectivity index (χ1) is 12.4. The molecule has 2 N–H and O–H groups in total. The van der Waals surface area contributed by atoms with Crippen molar-refractivity contribution < 1.29 is 9.47 Å². The van der Waals surface area contributed by atoms with Crippen molar-refractivity contribution in [3.63, 3.8) is 0 Å². The number of nitrogens with one attached hydrogen (secondary N) is 2. The van der Waals surface area contributed by atoms with Crippen molar-refractivity contribution in [1.29, 1.82) is 0 Å². The van der Waals surface area contributed by atoms with Crippen LogP contribution in [0, 0.1) is 11.8 Å². The summed E-state index contributed by atoms with van der Waals surface area (Å²) in [6.45, 7) is 4.70. The lowest BCUT2D eigenvalue weighted by molar-refractivity contribution is -0.0293. The molecule has 2 aliphatic heterocycles. The monoisotopic (exact) mass is 344 g/mol. The van der Waals surface area contributed by atoms with Crippen molar-refractivity contribution in [3.8, 4) is 0 Å². The summed E-state index contributed by atoms with van der Waals surface area (Å²) in [5.41, 5.74) is 1.33. The van der Waals surface area contributed by atoms with Gasteiger partial charge in [0.05, 0.1) is 19.3 Å². The van der Waals surface area contributed by atoms with Gasteiger partial charge in [0.2, 0.25) is 0 Å². The molecular weight excluding hydrogens is 312 g/mol. The topological polar surface area (TPSA) is 42.5 Å². The third-order valence-corrected chi connectivity index (χ3v) is 6.25. The Kier molecular flexibility index (Phi) is 6.03. The molecule has 5 atom stereocenters. The molecule has 0 radical (unpaired) electrons. The third-order valence-electron chi connectivity index (χ3n) is 6.25. The van der Waals surface area contributed by atoms with Gasteiger partial charge in [0.1, 0.15) is 0 Å². The van der Waals surface area contributed by atoms with Crippen LogP contribution in [0.4, 0.5) is 0 Å². The first kappa shape index (κ1) is 17.5. The molecule has 0 spiro atoms. The third kappa shape index (κ3) is 4.25. The van der Waals surface area contributed by atoms with E-state index in [0.717, 1.165) is 32.9 Å². The van der Waals surface area contributed by atoms with E-state index in [1.807, 2.05) is 0 Å². The van der Waals surface area contributed by atoms with Crippen LogP contribution in [0.1, 0.15) is 43.8 Å². The highest BCUT2D eigenvalue weighted by atomic mass is 16.5. The van der Waals surface area contributed by atoms with Crippen molar-refractivity contribution in [2.24, 2.45) is 11.8 Å². The predicted octanol–water partition coefficient (Wildman–Crippen LogP) is 2.90. The summed E-state index contributed by atoms with van der Waals surface area (Å²) < 4.78 is 11.9. The Morgan fingerprint density at radius 1 is 1.04 bits per heavy atom. The van der Waals surface area contributed by atoms with Crippen molar-refractivity contribution in [2.45, 2.75) is 50.3 Å². The normalized spacial score (nSPS) is 36.4. The van der Waals surface area contributed by atoms with Gasteiger partial charge in [0.15, 0.2) is 0 Å². The number of morpholine rings is 1. The van der Waals surface area contributed by atoms with E-state index < -0.39 is 0 Å². The molecule has 3 fully saturated rings. The molecular formula is C21H32N2O2. The lowest BCUT2D eigenvalue weighted by atomic mass is 9.88. The van der Waals surface area contributed by atoms with Crippen LogP contribution in [0.3, 0.4) is 0 Å². The van der Waals surface area contributed by atoms with Gasteiger partial charge in [0, 0.05) is 37.7 Å². The Labute approximate surface area is 151 Å². The quantitative estimate of drug-likeness (QED) is 0.862. The summed E-state index contributed by atoms with van der Waals surface area (Å²) in [4.78, 5) is 0. The zero-order chi connectivity index (χ0) is 16.9. The van der Waals surface area contributed by atoms with E-state index in [9.17, 15) is 0 Å². The smallest absolute Gasteiger partial charge is 0.0865 e. The van der Waals surface area contributed by atoms with Gasteiger partial charge in [-0.1, -0.05) is 36.8 Å². The molecule has 2 heterocycles. The highest BCUT2D eigenvalue weighted by Crippen LogP contribution is 2.34. The fraction of sp³-hybridized carbons (Fsp3) is 0.714. The summed E-state index contributed by atoms with van der Waals surface area (Å²) in [5.74, 6) is 1.29. The van der Waals surface area contributed by atoms with Gasteiger partial charge in [-0.15, -0.1) is 0 Å². The van der Waals surface area contributed by atoms with E-state index in [1.165, 1.54) is 37.7 Å². The van der Waals surface area contributed by atoms with Crippen LogP contribution in [0.2, 0.25) is 0 Å². The van der Waals surface area contributed by atoms with Crippen LogP contribution in [0.25, 0.3) is 0 Å². The molecule has 0 amide bonds. The molecule has 25 heavy (non-hydrogen) atoms. The van der Waals surface area contributed by atoms with Gasteiger partial charge < -0.3 is 20.1 Å². The molecule has 4 nitrogen and oxygen atoms in total. The fourth-order valence-electron chi connectivity index (χ4n) is 4.95. The molecule has 0 aromatic heterocycles. The number of hydrogen-bond acceptors (Lipinski definition) is 4. The van der Waals surface area contributed by atoms with E-state index in [0.29, 0.717) is 23.9 Å². The molecule has 1 aromatic rings. The second-order valence-corrected chi connectivity index (χ2v) is 7.85. The maximum absolute atomic E-state index is 6.16. The van der Waals surface area contributed by atoms with Gasteiger partial charge in [-0.25, -0.2) is 0 Å². The van der Waals surface area contributed by atoms with E-state index in [2.05, 4.69) is 41.0 Å². The molecule has 2 saturated heterocycles. The van der Waals surface area contributed by atoms with Gasteiger partial charge in [0.25, 0.3) is 0 Å². The Morgan fingerprint density at radius 2 is 1.96 bits per heavy atom. The standard InChI is InChI=1S/C21H32N2O2/c1-2-6-16(7-3-1)21-17(8-5-12-25-21)14-23-19-10-4-9-18(19)20-15-24-13-11-22-20/h1-3,6-7,17-23H,4-5,8-15H2. The Morgan fingerprint density at radius 3 is 2.80 bits per heavy atom. The number of benzene rings is 1. The van der Waals surface area contributed by atoms with Crippen LogP contribution in [-0.2, 0) is 9.47 Å². The second-order valence-electron chi connectivity index (χ2n) is 7.85. The second kappa shape index (κ2) is 8.63. The summed E-state index contributed by atoms with van der Waals surface area (Å²) >= 11 is 0. The van der Waals surface area contributed by atoms with Crippen molar-refractivity contribution in [3.05, 3.63) is 35.9 Å². The molecule has 1 aliphatic carbocycles. The predicted molar refractivity (Wildman–Crippen MR) is 99.6 cm³/mol. The minimum absolute atomic E-state index is 0.249. The van der Waals surface area contributed by atoms with E-state index in [4.69, 9.17) is 9.47 Å². The lowest BCUT2D eigenvalue weighted by Gasteiger charge is -2.36. The van der Waals surface area contributed by atoms with Crippen LogP contribution in [0.15, 0.2) is 30.3 Å². The molecule has 138 valence electrons.